The van der Waals surface area contributed by atoms with Crippen LogP contribution in [0.15, 0.2) is 134 Å². The van der Waals surface area contributed by atoms with Gasteiger partial charge in [-0.1, -0.05) is 115 Å². The van der Waals surface area contributed by atoms with E-state index < -0.39 is 12.1 Å². The fraction of sp³-hybridized carbons (Fsp3) is 0.190. The average molecular weight is 651 g/mol. The van der Waals surface area contributed by atoms with Crippen molar-refractivity contribution in [2.45, 2.75) is 31.6 Å². The smallest absolute Gasteiger partial charge is 0.407 e. The Labute approximate surface area is 286 Å². The van der Waals surface area contributed by atoms with Gasteiger partial charge in [-0.15, -0.1) is 6.58 Å². The van der Waals surface area contributed by atoms with Gasteiger partial charge in [0.15, 0.2) is 0 Å². The van der Waals surface area contributed by atoms with Crippen LogP contribution in [0.25, 0.3) is 11.1 Å². The molecule has 2 aliphatic rings. The normalized spacial score (nSPS) is 14.6. The number of fused-ring (bicyclic) bond motifs is 4. The van der Waals surface area contributed by atoms with E-state index in [4.69, 9.17) is 14.2 Å². The van der Waals surface area contributed by atoms with E-state index in [-0.39, 0.29) is 25.0 Å². The van der Waals surface area contributed by atoms with Crippen molar-refractivity contribution >= 4 is 12.0 Å². The maximum absolute atomic E-state index is 13.6. The van der Waals surface area contributed by atoms with Crippen molar-refractivity contribution in [3.8, 4) is 22.6 Å². The van der Waals surface area contributed by atoms with Crippen molar-refractivity contribution < 1.29 is 23.8 Å². The topological polar surface area (TPSA) is 77.1 Å². The Balaban J connectivity index is 1.03. The van der Waals surface area contributed by atoms with Gasteiger partial charge in [-0.05, 0) is 51.4 Å². The summed E-state index contributed by atoms with van der Waals surface area (Å²) in [5.41, 5.74) is 8.58. The molecule has 1 atom stereocenters. The summed E-state index contributed by atoms with van der Waals surface area (Å²) in [5, 5.41) is 2.69. The number of carbonyl (C=O) groups excluding carboxylic acids is 2. The number of alkyl carbamates (subject to hydrolysis) is 1. The van der Waals surface area contributed by atoms with Crippen LogP contribution in [0.2, 0.25) is 0 Å². The van der Waals surface area contributed by atoms with Crippen molar-refractivity contribution in [2.24, 2.45) is 0 Å². The summed E-state index contributed by atoms with van der Waals surface area (Å²) >= 11 is 0. The molecule has 49 heavy (non-hydrogen) atoms. The van der Waals surface area contributed by atoms with E-state index in [1.165, 1.54) is 0 Å². The predicted octanol–water partition coefficient (Wildman–Crippen LogP) is 8.00. The minimum atomic E-state index is -0.630. The molecule has 1 N–H and O–H groups in total. The number of carbonyl (C=O) groups is 2. The Morgan fingerprint density at radius 2 is 1.37 bits per heavy atom. The third kappa shape index (κ3) is 6.92. The van der Waals surface area contributed by atoms with Gasteiger partial charge in [0.05, 0.1) is 6.04 Å². The van der Waals surface area contributed by atoms with Crippen LogP contribution < -0.4 is 14.8 Å². The molecule has 1 aliphatic heterocycles. The Kier molecular flexibility index (Phi) is 9.41. The molecule has 5 aromatic rings. The molecule has 0 bridgehead atoms. The highest BCUT2D eigenvalue weighted by Gasteiger charge is 2.33. The number of hydrogen-bond acceptors (Lipinski definition) is 5. The summed E-state index contributed by atoms with van der Waals surface area (Å²) < 4.78 is 18.3. The lowest BCUT2D eigenvalue weighted by Crippen LogP contribution is -2.45. The SMILES string of the molecule is C=C[C@@H]1c2c(cc(OCc3ccccc3)cc2OCc2ccccc2)CCN1C(=O)CNC(=O)OCC1c2ccccc2-c2ccccc21. The molecule has 0 aromatic heterocycles. The van der Waals surface area contributed by atoms with Crippen molar-refractivity contribution in [2.75, 3.05) is 19.7 Å². The molecule has 0 radical (unpaired) electrons. The second-order valence-corrected chi connectivity index (χ2v) is 12.2. The molecule has 1 heterocycles. The molecule has 246 valence electrons. The number of hydrogen-bond donors (Lipinski definition) is 1. The highest BCUT2D eigenvalue weighted by atomic mass is 16.5. The Morgan fingerprint density at radius 3 is 2.00 bits per heavy atom. The fourth-order valence-corrected chi connectivity index (χ4v) is 6.84. The van der Waals surface area contributed by atoms with Crippen LogP contribution in [-0.4, -0.2) is 36.6 Å². The predicted molar refractivity (Wildman–Crippen MR) is 189 cm³/mol. The summed E-state index contributed by atoms with van der Waals surface area (Å²) in [7, 11) is 0. The third-order valence-electron chi connectivity index (χ3n) is 9.21. The van der Waals surface area contributed by atoms with Gasteiger partial charge in [0.25, 0.3) is 0 Å². The van der Waals surface area contributed by atoms with Gasteiger partial charge in [-0.25, -0.2) is 4.79 Å². The van der Waals surface area contributed by atoms with Crippen LogP contribution in [0.3, 0.4) is 0 Å². The molecule has 7 heteroatoms. The first-order valence-electron chi connectivity index (χ1n) is 16.6. The molecule has 2 amide bonds. The summed E-state index contributed by atoms with van der Waals surface area (Å²) in [5.74, 6) is 1.04. The lowest BCUT2D eigenvalue weighted by molar-refractivity contribution is -0.132. The third-order valence-corrected chi connectivity index (χ3v) is 9.21. The summed E-state index contributed by atoms with van der Waals surface area (Å²) in [6, 6.07) is 39.8. The number of amides is 2. The van der Waals surface area contributed by atoms with E-state index in [0.29, 0.717) is 37.7 Å². The molecule has 0 saturated carbocycles. The highest BCUT2D eigenvalue weighted by molar-refractivity contribution is 5.83. The summed E-state index contributed by atoms with van der Waals surface area (Å²) in [6.07, 6.45) is 1.72. The standard InChI is InChI=1S/C42H38N2O5/c1-2-38-41-31(23-32(47-26-29-13-5-3-6-14-29)24-39(41)48-27-30-15-7-4-8-16-30)21-22-44(38)40(45)25-43-42(46)49-28-37-35-19-11-9-17-33(35)34-18-10-12-20-36(34)37/h2-20,23-24,37-38H,1,21-22,25-28H2,(H,43,46)/t38-/m1/s1. The van der Waals surface area contributed by atoms with Crippen molar-refractivity contribution in [3.63, 3.8) is 0 Å². The van der Waals surface area contributed by atoms with Crippen LogP contribution in [0.4, 0.5) is 4.79 Å². The van der Waals surface area contributed by atoms with E-state index in [1.54, 1.807) is 11.0 Å². The highest BCUT2D eigenvalue weighted by Crippen LogP contribution is 2.44. The minimum Gasteiger partial charge on any atom is -0.489 e. The summed E-state index contributed by atoms with van der Waals surface area (Å²) in [4.78, 5) is 28.2. The zero-order valence-electron chi connectivity index (χ0n) is 27.2. The quantitative estimate of drug-likeness (QED) is 0.147. The van der Waals surface area contributed by atoms with Gasteiger partial charge in [0.2, 0.25) is 5.91 Å². The zero-order chi connectivity index (χ0) is 33.6. The molecule has 0 spiro atoms. The first-order valence-corrected chi connectivity index (χ1v) is 16.6. The number of ether oxygens (including phenoxy) is 3. The Bertz CT molecular complexity index is 1910. The number of nitrogens with one attached hydrogen (secondary N) is 1. The second-order valence-electron chi connectivity index (χ2n) is 12.2. The van der Waals surface area contributed by atoms with Gasteiger partial charge in [0.1, 0.15) is 37.9 Å². The van der Waals surface area contributed by atoms with Gasteiger partial charge in [0, 0.05) is 24.1 Å². The lowest BCUT2D eigenvalue weighted by Gasteiger charge is -2.37. The molecule has 0 unspecified atom stereocenters. The van der Waals surface area contributed by atoms with Crippen molar-refractivity contribution in [1.29, 1.82) is 0 Å². The van der Waals surface area contributed by atoms with E-state index in [2.05, 4.69) is 36.2 Å². The molecule has 5 aromatic carbocycles. The molecule has 0 saturated heterocycles. The molecule has 7 rings (SSSR count). The number of benzene rings is 5. The van der Waals surface area contributed by atoms with E-state index in [0.717, 1.165) is 44.5 Å². The van der Waals surface area contributed by atoms with Crippen LogP contribution in [-0.2, 0) is 29.2 Å². The first kappa shape index (κ1) is 31.8. The van der Waals surface area contributed by atoms with Gasteiger partial charge >= 0.3 is 6.09 Å². The van der Waals surface area contributed by atoms with Crippen LogP contribution >= 0.6 is 0 Å². The van der Waals surface area contributed by atoms with Gasteiger partial charge < -0.3 is 24.4 Å². The van der Waals surface area contributed by atoms with Crippen molar-refractivity contribution in [3.05, 3.63) is 167 Å². The van der Waals surface area contributed by atoms with E-state index >= 15 is 0 Å². The first-order chi connectivity index (χ1) is 24.1. The van der Waals surface area contributed by atoms with Gasteiger partial charge in [-0.2, -0.15) is 0 Å². The average Bonchev–Trinajstić information content (AvgIpc) is 3.48. The molecule has 7 nitrogen and oxygen atoms in total. The van der Waals surface area contributed by atoms with Gasteiger partial charge in [-0.3, -0.25) is 4.79 Å². The Morgan fingerprint density at radius 1 is 0.776 bits per heavy atom. The minimum absolute atomic E-state index is 0.0616. The fourth-order valence-electron chi connectivity index (χ4n) is 6.84. The number of rotatable bonds is 11. The Hall–Kier alpha value is -5.82. The van der Waals surface area contributed by atoms with E-state index in [1.807, 2.05) is 97.1 Å². The van der Waals surface area contributed by atoms with E-state index in [9.17, 15) is 9.59 Å². The molecule has 1 aliphatic carbocycles. The van der Waals surface area contributed by atoms with Crippen LogP contribution in [0.1, 0.15) is 45.3 Å². The monoisotopic (exact) mass is 650 g/mol. The largest absolute Gasteiger partial charge is 0.489 e. The lowest BCUT2D eigenvalue weighted by atomic mass is 9.91. The maximum atomic E-state index is 13.6. The molecular weight excluding hydrogens is 612 g/mol. The zero-order valence-corrected chi connectivity index (χ0v) is 27.2. The maximum Gasteiger partial charge on any atom is 0.407 e. The molecular formula is C42H38N2O5. The number of nitrogens with zero attached hydrogens (tertiary/aromatic N) is 1. The molecule has 0 fully saturated rings. The summed E-state index contributed by atoms with van der Waals surface area (Å²) in [6.45, 7) is 5.30. The van der Waals surface area contributed by atoms with Crippen LogP contribution in [0, 0.1) is 0 Å². The van der Waals surface area contributed by atoms with Crippen molar-refractivity contribution in [1.82, 2.24) is 10.2 Å². The second kappa shape index (κ2) is 14.5. The van der Waals surface area contributed by atoms with Crippen LogP contribution in [0.5, 0.6) is 11.5 Å².